The molecule has 0 amide bonds. The van der Waals surface area contributed by atoms with Gasteiger partial charge < -0.3 is 14.5 Å². The second-order valence-electron chi connectivity index (χ2n) is 11.3. The number of benzene rings is 1. The predicted molar refractivity (Wildman–Crippen MR) is 156 cm³/mol. The molecule has 2 aliphatic rings. The van der Waals surface area contributed by atoms with E-state index in [1.54, 1.807) is 7.11 Å². The largest absolute Gasteiger partial charge is 0.496 e. The molecule has 10 nitrogen and oxygen atoms in total. The van der Waals surface area contributed by atoms with Gasteiger partial charge in [0.1, 0.15) is 17.4 Å². The molecule has 2 saturated heterocycles. The molecule has 10 heteroatoms. The van der Waals surface area contributed by atoms with Gasteiger partial charge in [0, 0.05) is 62.8 Å². The van der Waals surface area contributed by atoms with Crippen LogP contribution < -0.4 is 9.64 Å². The van der Waals surface area contributed by atoms with Gasteiger partial charge in [-0.3, -0.25) is 9.88 Å². The minimum Gasteiger partial charge on any atom is -0.496 e. The van der Waals surface area contributed by atoms with E-state index >= 15 is 0 Å². The van der Waals surface area contributed by atoms with E-state index in [0.717, 1.165) is 98.7 Å². The molecule has 3 aromatic heterocycles. The molecule has 0 aliphatic carbocycles. The number of nitrogens with zero attached hydrogens (tertiary/aromatic N) is 9. The first-order chi connectivity index (χ1) is 19.4. The summed E-state index contributed by atoms with van der Waals surface area (Å²) in [5.74, 6) is 3.72. The van der Waals surface area contributed by atoms with Crippen molar-refractivity contribution in [2.24, 2.45) is 5.92 Å². The fourth-order valence-corrected chi connectivity index (χ4v) is 6.03. The van der Waals surface area contributed by atoms with Crippen LogP contribution >= 0.6 is 0 Å². The summed E-state index contributed by atoms with van der Waals surface area (Å²) in [4.78, 5) is 26.0. The van der Waals surface area contributed by atoms with Crippen molar-refractivity contribution in [2.45, 2.75) is 40.2 Å². The van der Waals surface area contributed by atoms with Gasteiger partial charge in [-0.1, -0.05) is 6.07 Å². The third-order valence-corrected chi connectivity index (χ3v) is 8.44. The Kier molecular flexibility index (Phi) is 7.37. The number of aryl methyl sites for hydroxylation is 3. The van der Waals surface area contributed by atoms with Gasteiger partial charge in [0.25, 0.3) is 5.78 Å². The van der Waals surface area contributed by atoms with Crippen molar-refractivity contribution in [3.8, 4) is 17.0 Å². The van der Waals surface area contributed by atoms with Crippen molar-refractivity contribution in [1.82, 2.24) is 39.3 Å². The lowest BCUT2D eigenvalue weighted by Gasteiger charge is -2.32. The molecule has 0 N–H and O–H groups in total. The molecule has 5 heterocycles. The van der Waals surface area contributed by atoms with Crippen LogP contribution in [0, 0.1) is 26.7 Å². The van der Waals surface area contributed by atoms with Crippen LogP contribution in [0.4, 0.5) is 5.82 Å². The molecule has 0 radical (unpaired) electrons. The molecular formula is C30H39N9O. The highest BCUT2D eigenvalue weighted by molar-refractivity contribution is 5.67. The number of hydrogen-bond donors (Lipinski definition) is 0. The molecule has 1 aromatic carbocycles. The summed E-state index contributed by atoms with van der Waals surface area (Å²) in [7, 11) is 3.91. The van der Waals surface area contributed by atoms with Crippen LogP contribution in [0.1, 0.15) is 34.8 Å². The van der Waals surface area contributed by atoms with E-state index in [-0.39, 0.29) is 0 Å². The molecule has 6 rings (SSSR count). The summed E-state index contributed by atoms with van der Waals surface area (Å²) in [5.41, 5.74) is 6.51. The highest BCUT2D eigenvalue weighted by Crippen LogP contribution is 2.32. The van der Waals surface area contributed by atoms with Gasteiger partial charge in [0.15, 0.2) is 0 Å². The summed E-state index contributed by atoms with van der Waals surface area (Å²) >= 11 is 0. The number of rotatable bonds is 7. The van der Waals surface area contributed by atoms with E-state index in [1.807, 2.05) is 23.8 Å². The maximum absolute atomic E-state index is 5.77. The Labute approximate surface area is 236 Å². The molecule has 1 atom stereocenters. The molecule has 210 valence electrons. The van der Waals surface area contributed by atoms with Gasteiger partial charge >= 0.3 is 0 Å². The van der Waals surface area contributed by atoms with E-state index < -0.39 is 0 Å². The fraction of sp³-hybridized carbons (Fsp3) is 0.500. The molecule has 4 aromatic rings. The van der Waals surface area contributed by atoms with Crippen LogP contribution in [0.2, 0.25) is 0 Å². The zero-order chi connectivity index (χ0) is 27.8. The highest BCUT2D eigenvalue weighted by Gasteiger charge is 2.26. The van der Waals surface area contributed by atoms with E-state index in [4.69, 9.17) is 19.7 Å². The maximum Gasteiger partial charge on any atom is 0.252 e. The fourth-order valence-electron chi connectivity index (χ4n) is 6.03. The van der Waals surface area contributed by atoms with E-state index in [0.29, 0.717) is 11.7 Å². The van der Waals surface area contributed by atoms with E-state index in [2.05, 4.69) is 63.9 Å². The third-order valence-electron chi connectivity index (χ3n) is 8.44. The molecule has 0 saturated carbocycles. The summed E-state index contributed by atoms with van der Waals surface area (Å²) in [6.45, 7) is 13.4. The van der Waals surface area contributed by atoms with Crippen molar-refractivity contribution in [3.05, 3.63) is 58.9 Å². The van der Waals surface area contributed by atoms with Gasteiger partial charge in [-0.25, -0.2) is 14.5 Å². The monoisotopic (exact) mass is 541 g/mol. The lowest BCUT2D eigenvalue weighted by atomic mass is 9.96. The number of methoxy groups -OCH3 is 1. The van der Waals surface area contributed by atoms with Gasteiger partial charge in [0.2, 0.25) is 0 Å². The van der Waals surface area contributed by atoms with Gasteiger partial charge in [-0.15, -0.1) is 0 Å². The first kappa shape index (κ1) is 26.6. The van der Waals surface area contributed by atoms with E-state index in [9.17, 15) is 0 Å². The Bertz CT molecular complexity index is 1490. The Morgan fingerprint density at radius 1 is 0.975 bits per heavy atom. The molecule has 0 bridgehead atoms. The zero-order valence-corrected chi connectivity index (χ0v) is 24.3. The number of aromatic nitrogens is 6. The second-order valence-corrected chi connectivity index (χ2v) is 11.3. The van der Waals surface area contributed by atoms with Crippen molar-refractivity contribution in [3.63, 3.8) is 0 Å². The molecule has 1 unspecified atom stereocenters. The molecule has 2 fully saturated rings. The van der Waals surface area contributed by atoms with Crippen LogP contribution in [-0.4, -0.2) is 92.8 Å². The minimum atomic E-state index is 0.524. The number of anilines is 1. The van der Waals surface area contributed by atoms with Crippen molar-refractivity contribution in [1.29, 1.82) is 0 Å². The Balaban J connectivity index is 1.12. The maximum atomic E-state index is 5.77. The van der Waals surface area contributed by atoms with Crippen LogP contribution in [0.3, 0.4) is 0 Å². The lowest BCUT2D eigenvalue weighted by Crippen LogP contribution is -2.43. The van der Waals surface area contributed by atoms with Crippen LogP contribution in [0.5, 0.6) is 5.75 Å². The van der Waals surface area contributed by atoms with Crippen LogP contribution in [-0.2, 0) is 13.0 Å². The van der Waals surface area contributed by atoms with Crippen molar-refractivity contribution in [2.75, 3.05) is 58.3 Å². The van der Waals surface area contributed by atoms with Crippen molar-refractivity contribution < 1.29 is 4.74 Å². The zero-order valence-electron chi connectivity index (χ0n) is 24.3. The average Bonchev–Trinajstić information content (AvgIpc) is 3.58. The smallest absolute Gasteiger partial charge is 0.252 e. The Morgan fingerprint density at radius 3 is 2.55 bits per heavy atom. The summed E-state index contributed by atoms with van der Waals surface area (Å²) < 4.78 is 7.65. The molecule has 2 aliphatic heterocycles. The van der Waals surface area contributed by atoms with Crippen molar-refractivity contribution >= 4 is 11.6 Å². The molecule has 0 spiro atoms. The van der Waals surface area contributed by atoms with E-state index in [1.165, 1.54) is 11.1 Å². The Morgan fingerprint density at radius 2 is 1.80 bits per heavy atom. The quantitative estimate of drug-likeness (QED) is 0.350. The third kappa shape index (κ3) is 5.38. The number of likely N-dealkylation sites (N-methyl/N-ethyl adjacent to an activating group) is 1. The number of hydrogen-bond acceptors (Lipinski definition) is 9. The number of ether oxygens (including phenoxy) is 1. The summed E-state index contributed by atoms with van der Waals surface area (Å²) in [5, 5.41) is 4.53. The predicted octanol–water partition coefficient (Wildman–Crippen LogP) is 3.33. The van der Waals surface area contributed by atoms with Crippen LogP contribution in [0.25, 0.3) is 17.0 Å². The second kappa shape index (κ2) is 11.1. The van der Waals surface area contributed by atoms with Crippen LogP contribution in [0.15, 0.2) is 30.6 Å². The van der Waals surface area contributed by atoms with Gasteiger partial charge in [0.05, 0.1) is 25.2 Å². The molecule has 40 heavy (non-hydrogen) atoms. The minimum absolute atomic E-state index is 0.524. The first-order valence-electron chi connectivity index (χ1n) is 14.2. The normalized spacial score (nSPS) is 18.6. The highest BCUT2D eigenvalue weighted by atomic mass is 16.5. The SMILES string of the molecule is COc1cc(CN2CCN(C)CC2)ccc1-c1cnc(N2CCC(Cc3c(C)nc4nc(C)nn4c3C)C2)cn1. The lowest BCUT2D eigenvalue weighted by molar-refractivity contribution is 0.148. The van der Waals surface area contributed by atoms with Gasteiger partial charge in [-0.05, 0) is 69.8 Å². The molecular weight excluding hydrogens is 502 g/mol. The topological polar surface area (TPSA) is 87.8 Å². The summed E-state index contributed by atoms with van der Waals surface area (Å²) in [6.07, 6.45) is 5.86. The average molecular weight is 542 g/mol. The number of piperazine rings is 1. The number of fused-ring (bicyclic) bond motifs is 1. The first-order valence-corrected chi connectivity index (χ1v) is 14.2. The summed E-state index contributed by atoms with van der Waals surface area (Å²) in [6, 6.07) is 6.45. The van der Waals surface area contributed by atoms with Gasteiger partial charge in [-0.2, -0.15) is 10.1 Å². The standard InChI is InChI=1S/C30H39N9O/c1-20-26(21(2)39-30(33-20)34-22(3)35-39)14-24-8-9-38(19-24)29-17-31-27(16-32-29)25-7-6-23(15-28(25)40-5)18-37-12-10-36(4)11-13-37/h6-7,15-17,24H,8-14,18-19H2,1-5H3. The Hall–Kier alpha value is -3.63.